The molecule has 0 bridgehead atoms. The second kappa shape index (κ2) is 5.45. The second-order valence-corrected chi connectivity index (χ2v) is 4.72. The number of para-hydroxylation sites is 1. The molecule has 4 heteroatoms. The highest BCUT2D eigenvalue weighted by atomic mass is 16.5. The predicted octanol–water partition coefficient (Wildman–Crippen LogP) is 2.11. The van der Waals surface area contributed by atoms with E-state index in [1.54, 1.807) is 7.11 Å². The molecule has 100 valence electrons. The number of methoxy groups -OCH3 is 1. The van der Waals surface area contributed by atoms with Crippen LogP contribution in [-0.4, -0.2) is 18.6 Å². The molecule has 0 aliphatic carbocycles. The monoisotopic (exact) mass is 258 g/mol. The molecule has 3 rings (SSSR count). The maximum absolute atomic E-state index is 5.81. The van der Waals surface area contributed by atoms with E-state index in [1.807, 2.05) is 18.2 Å². The summed E-state index contributed by atoms with van der Waals surface area (Å²) in [6.07, 6.45) is 2.64. The lowest BCUT2D eigenvalue weighted by molar-refractivity contribution is 0.407. The molecule has 1 aliphatic rings. The molecule has 1 aliphatic heterocycles. The molecule has 0 radical (unpaired) electrons. The minimum Gasteiger partial charge on any atom is -0.496 e. The number of benzene rings is 1. The molecular formula is C15H18N2O2. The van der Waals surface area contributed by atoms with E-state index in [0.29, 0.717) is 0 Å². The molecule has 0 unspecified atom stereocenters. The second-order valence-electron chi connectivity index (χ2n) is 4.72. The summed E-state index contributed by atoms with van der Waals surface area (Å²) in [7, 11) is 1.70. The van der Waals surface area contributed by atoms with Gasteiger partial charge in [0.15, 0.2) is 5.89 Å². The first-order chi connectivity index (χ1) is 9.36. The number of aryl methyl sites for hydroxylation is 2. The maximum atomic E-state index is 5.81. The highest BCUT2D eigenvalue weighted by molar-refractivity contribution is 5.33. The van der Waals surface area contributed by atoms with Crippen molar-refractivity contribution < 1.29 is 9.15 Å². The van der Waals surface area contributed by atoms with Crippen molar-refractivity contribution >= 4 is 0 Å². The molecule has 0 saturated carbocycles. The van der Waals surface area contributed by atoms with E-state index in [2.05, 4.69) is 16.4 Å². The summed E-state index contributed by atoms with van der Waals surface area (Å²) in [6, 6.07) is 8.09. The Morgan fingerprint density at radius 3 is 3.05 bits per heavy atom. The van der Waals surface area contributed by atoms with Gasteiger partial charge in [0.25, 0.3) is 0 Å². The van der Waals surface area contributed by atoms with Crippen LogP contribution in [-0.2, 0) is 25.8 Å². The van der Waals surface area contributed by atoms with Gasteiger partial charge in [0.1, 0.15) is 11.5 Å². The van der Waals surface area contributed by atoms with Crippen molar-refractivity contribution in [3.05, 3.63) is 47.2 Å². The lowest BCUT2D eigenvalue weighted by Gasteiger charge is -2.08. The van der Waals surface area contributed by atoms with Crippen molar-refractivity contribution in [2.45, 2.75) is 25.8 Å². The number of ether oxygens (including phenoxy) is 1. The van der Waals surface area contributed by atoms with Crippen LogP contribution in [0.15, 0.2) is 28.7 Å². The Bertz CT molecular complexity index is 540. The molecule has 0 fully saturated rings. The summed E-state index contributed by atoms with van der Waals surface area (Å²) in [5.41, 5.74) is 2.26. The van der Waals surface area contributed by atoms with Crippen molar-refractivity contribution in [1.29, 1.82) is 0 Å². The van der Waals surface area contributed by atoms with Crippen molar-refractivity contribution in [3.8, 4) is 5.75 Å². The largest absolute Gasteiger partial charge is 0.496 e. The van der Waals surface area contributed by atoms with E-state index >= 15 is 0 Å². The van der Waals surface area contributed by atoms with Gasteiger partial charge in [-0.15, -0.1) is 0 Å². The smallest absolute Gasteiger partial charge is 0.195 e. The number of nitrogens with one attached hydrogen (secondary N) is 1. The van der Waals surface area contributed by atoms with Crippen LogP contribution in [0.1, 0.15) is 22.9 Å². The van der Waals surface area contributed by atoms with Crippen molar-refractivity contribution in [3.63, 3.8) is 0 Å². The molecule has 1 aromatic heterocycles. The highest BCUT2D eigenvalue weighted by Crippen LogP contribution is 2.21. The Balaban J connectivity index is 1.70. The molecule has 0 spiro atoms. The average Bonchev–Trinajstić information content (AvgIpc) is 2.88. The molecule has 1 N–H and O–H groups in total. The van der Waals surface area contributed by atoms with Gasteiger partial charge >= 0.3 is 0 Å². The number of hydrogen-bond donors (Lipinski definition) is 1. The van der Waals surface area contributed by atoms with Crippen molar-refractivity contribution in [2.24, 2.45) is 0 Å². The van der Waals surface area contributed by atoms with Gasteiger partial charge < -0.3 is 14.5 Å². The standard InChI is InChI=1S/C15H18N2O2/c1-18-13-5-3-2-4-11(13)6-7-15-17-12-10-16-9-8-14(12)19-15/h2-5,16H,6-10H2,1H3. The number of oxazole rings is 1. The molecule has 0 saturated heterocycles. The third-order valence-electron chi connectivity index (χ3n) is 3.44. The minimum absolute atomic E-state index is 0.813. The van der Waals surface area contributed by atoms with Gasteiger partial charge in [-0.05, 0) is 18.1 Å². The number of aromatic nitrogens is 1. The van der Waals surface area contributed by atoms with Crippen LogP contribution in [0.5, 0.6) is 5.75 Å². The zero-order chi connectivity index (χ0) is 13.1. The fraction of sp³-hybridized carbons (Fsp3) is 0.400. The van der Waals surface area contributed by atoms with Crippen LogP contribution >= 0.6 is 0 Å². The van der Waals surface area contributed by atoms with Gasteiger partial charge in [0, 0.05) is 25.9 Å². The Morgan fingerprint density at radius 1 is 1.32 bits per heavy atom. The topological polar surface area (TPSA) is 47.3 Å². The van der Waals surface area contributed by atoms with Gasteiger partial charge in [-0.25, -0.2) is 4.98 Å². The molecule has 1 aromatic carbocycles. The third kappa shape index (κ3) is 2.63. The van der Waals surface area contributed by atoms with E-state index in [-0.39, 0.29) is 0 Å². The number of rotatable bonds is 4. The Hall–Kier alpha value is -1.81. The van der Waals surface area contributed by atoms with Crippen LogP contribution in [0, 0.1) is 0 Å². The van der Waals surface area contributed by atoms with Crippen molar-refractivity contribution in [2.75, 3.05) is 13.7 Å². The minimum atomic E-state index is 0.813. The Labute approximate surface area is 112 Å². The van der Waals surface area contributed by atoms with Crippen LogP contribution in [0.25, 0.3) is 0 Å². The first kappa shape index (κ1) is 12.2. The molecular weight excluding hydrogens is 240 g/mol. The van der Waals surface area contributed by atoms with E-state index in [4.69, 9.17) is 9.15 Å². The lowest BCUT2D eigenvalue weighted by Crippen LogP contribution is -2.22. The zero-order valence-corrected chi connectivity index (χ0v) is 11.1. The van der Waals surface area contributed by atoms with Gasteiger partial charge in [-0.2, -0.15) is 0 Å². The summed E-state index contributed by atoms with van der Waals surface area (Å²) >= 11 is 0. The van der Waals surface area contributed by atoms with Crippen molar-refractivity contribution in [1.82, 2.24) is 10.3 Å². The SMILES string of the molecule is COc1ccccc1CCc1nc2c(o1)CCNC2. The molecule has 4 nitrogen and oxygen atoms in total. The van der Waals surface area contributed by atoms with Crippen LogP contribution in [0.4, 0.5) is 0 Å². The summed E-state index contributed by atoms with van der Waals surface area (Å²) in [6.45, 7) is 1.81. The number of nitrogens with zero attached hydrogens (tertiary/aromatic N) is 1. The lowest BCUT2D eigenvalue weighted by atomic mass is 10.1. The van der Waals surface area contributed by atoms with Crippen LogP contribution in [0.3, 0.4) is 0 Å². The Morgan fingerprint density at radius 2 is 2.21 bits per heavy atom. The van der Waals surface area contributed by atoms with Gasteiger partial charge in [-0.3, -0.25) is 0 Å². The van der Waals surface area contributed by atoms with E-state index in [9.17, 15) is 0 Å². The summed E-state index contributed by atoms with van der Waals surface area (Å²) in [4.78, 5) is 4.55. The van der Waals surface area contributed by atoms with Gasteiger partial charge in [-0.1, -0.05) is 18.2 Å². The van der Waals surface area contributed by atoms with Crippen LogP contribution < -0.4 is 10.1 Å². The predicted molar refractivity (Wildman–Crippen MR) is 72.3 cm³/mol. The molecule has 2 heterocycles. The highest BCUT2D eigenvalue weighted by Gasteiger charge is 2.16. The fourth-order valence-electron chi connectivity index (χ4n) is 2.44. The normalized spacial score (nSPS) is 14.2. The molecule has 0 amide bonds. The average molecular weight is 258 g/mol. The first-order valence-electron chi connectivity index (χ1n) is 6.67. The van der Waals surface area contributed by atoms with E-state index in [0.717, 1.165) is 55.4 Å². The van der Waals surface area contributed by atoms with Gasteiger partial charge in [0.05, 0.1) is 12.8 Å². The number of fused-ring (bicyclic) bond motifs is 1. The van der Waals surface area contributed by atoms with Gasteiger partial charge in [0.2, 0.25) is 0 Å². The fourth-order valence-corrected chi connectivity index (χ4v) is 2.44. The quantitative estimate of drug-likeness (QED) is 0.912. The molecule has 2 aromatic rings. The summed E-state index contributed by atoms with van der Waals surface area (Å²) in [5, 5.41) is 3.30. The first-order valence-corrected chi connectivity index (χ1v) is 6.67. The molecule has 0 atom stereocenters. The molecule has 19 heavy (non-hydrogen) atoms. The summed E-state index contributed by atoms with van der Waals surface area (Å²) < 4.78 is 11.2. The third-order valence-corrected chi connectivity index (χ3v) is 3.44. The zero-order valence-electron chi connectivity index (χ0n) is 11.1. The van der Waals surface area contributed by atoms with E-state index < -0.39 is 0 Å². The Kier molecular flexibility index (Phi) is 3.51. The van der Waals surface area contributed by atoms with E-state index in [1.165, 1.54) is 5.56 Å². The van der Waals surface area contributed by atoms with Crippen LogP contribution in [0.2, 0.25) is 0 Å². The number of hydrogen-bond acceptors (Lipinski definition) is 4. The summed E-state index contributed by atoms with van der Waals surface area (Å²) in [5.74, 6) is 2.81. The maximum Gasteiger partial charge on any atom is 0.195 e.